The number of likely N-dealkylation sites (tertiary alicyclic amines) is 1. The fraction of sp³-hybridized carbons (Fsp3) is 0.471. The van der Waals surface area contributed by atoms with Gasteiger partial charge in [0.1, 0.15) is 0 Å². The third-order valence-electron chi connectivity index (χ3n) is 4.31. The molecular weight excluding hydrogens is 248 g/mol. The fourth-order valence-corrected chi connectivity index (χ4v) is 3.27. The Morgan fingerprint density at radius 1 is 1.25 bits per heavy atom. The molecule has 2 aromatic rings. The molecule has 3 heteroatoms. The monoisotopic (exact) mass is 270 g/mol. The summed E-state index contributed by atoms with van der Waals surface area (Å²) in [5, 5.41) is 10.3. The lowest BCUT2D eigenvalue weighted by Gasteiger charge is -2.24. The van der Waals surface area contributed by atoms with E-state index in [0.717, 1.165) is 24.9 Å². The van der Waals surface area contributed by atoms with Crippen LogP contribution in [0, 0.1) is 0 Å². The molecule has 1 atom stereocenters. The first kappa shape index (κ1) is 13.5. The van der Waals surface area contributed by atoms with Crippen molar-refractivity contribution in [2.45, 2.75) is 38.3 Å². The Hall–Kier alpha value is -1.45. The van der Waals surface area contributed by atoms with Crippen molar-refractivity contribution < 1.29 is 5.11 Å². The Morgan fingerprint density at radius 2 is 2.15 bits per heavy atom. The molecule has 0 amide bonds. The van der Waals surface area contributed by atoms with Crippen LogP contribution >= 0.6 is 0 Å². The van der Waals surface area contributed by atoms with Gasteiger partial charge in [0.2, 0.25) is 0 Å². The maximum Gasteiger partial charge on any atom is 0.0705 e. The number of aromatic nitrogens is 1. The van der Waals surface area contributed by atoms with E-state index >= 15 is 0 Å². The minimum absolute atomic E-state index is 0.308. The average Bonchev–Trinajstić information content (AvgIpc) is 2.93. The summed E-state index contributed by atoms with van der Waals surface area (Å²) in [5.41, 5.74) is 2.45. The number of hydrogen-bond acceptors (Lipinski definition) is 3. The Morgan fingerprint density at radius 3 is 3.05 bits per heavy atom. The van der Waals surface area contributed by atoms with Crippen molar-refractivity contribution in [3.05, 3.63) is 42.1 Å². The molecule has 1 saturated heterocycles. The summed E-state index contributed by atoms with van der Waals surface area (Å²) in [6, 6.07) is 11.1. The zero-order chi connectivity index (χ0) is 13.8. The zero-order valence-electron chi connectivity index (χ0n) is 11.8. The van der Waals surface area contributed by atoms with Crippen molar-refractivity contribution >= 4 is 10.9 Å². The lowest BCUT2D eigenvalue weighted by Crippen LogP contribution is -2.29. The van der Waals surface area contributed by atoms with E-state index < -0.39 is 0 Å². The maximum atomic E-state index is 9.02. The van der Waals surface area contributed by atoms with Crippen LogP contribution in [0.5, 0.6) is 0 Å². The molecule has 20 heavy (non-hydrogen) atoms. The van der Waals surface area contributed by atoms with Gasteiger partial charge in [-0.05, 0) is 49.9 Å². The van der Waals surface area contributed by atoms with E-state index in [1.54, 1.807) is 0 Å². The number of para-hydroxylation sites is 1. The van der Waals surface area contributed by atoms with Crippen LogP contribution in [0.4, 0.5) is 0 Å². The minimum Gasteiger partial charge on any atom is -0.396 e. The molecule has 0 spiro atoms. The number of fused-ring (bicyclic) bond motifs is 1. The van der Waals surface area contributed by atoms with Crippen molar-refractivity contribution in [2.24, 2.45) is 0 Å². The molecule has 3 nitrogen and oxygen atoms in total. The van der Waals surface area contributed by atoms with Crippen molar-refractivity contribution in [1.29, 1.82) is 0 Å². The predicted molar refractivity (Wildman–Crippen MR) is 81.5 cm³/mol. The fourth-order valence-electron chi connectivity index (χ4n) is 3.27. The van der Waals surface area contributed by atoms with E-state index in [-0.39, 0.29) is 0 Å². The van der Waals surface area contributed by atoms with Gasteiger partial charge in [0.05, 0.1) is 5.52 Å². The number of nitrogens with zero attached hydrogens (tertiary/aromatic N) is 2. The van der Waals surface area contributed by atoms with Crippen molar-refractivity contribution in [2.75, 3.05) is 13.2 Å². The first-order chi connectivity index (χ1) is 9.88. The molecule has 106 valence electrons. The summed E-state index contributed by atoms with van der Waals surface area (Å²) in [6.45, 7) is 2.48. The number of pyridine rings is 1. The van der Waals surface area contributed by atoms with Gasteiger partial charge >= 0.3 is 0 Å². The highest BCUT2D eigenvalue weighted by Crippen LogP contribution is 2.25. The maximum absolute atomic E-state index is 9.02. The molecule has 1 fully saturated rings. The van der Waals surface area contributed by atoms with Crippen LogP contribution in [-0.4, -0.2) is 34.2 Å². The number of hydrogen-bond donors (Lipinski definition) is 1. The third kappa shape index (κ3) is 2.84. The Labute approximate surface area is 120 Å². The highest BCUT2D eigenvalue weighted by molar-refractivity contribution is 5.81. The van der Waals surface area contributed by atoms with Gasteiger partial charge in [-0.2, -0.15) is 0 Å². The molecule has 2 heterocycles. The highest BCUT2D eigenvalue weighted by atomic mass is 16.2. The van der Waals surface area contributed by atoms with Crippen LogP contribution in [0.25, 0.3) is 10.9 Å². The summed E-state index contributed by atoms with van der Waals surface area (Å²) in [5.74, 6) is 0. The van der Waals surface area contributed by atoms with Crippen molar-refractivity contribution in [3.63, 3.8) is 0 Å². The molecule has 0 radical (unpaired) electrons. The highest BCUT2D eigenvalue weighted by Gasteiger charge is 2.24. The van der Waals surface area contributed by atoms with Crippen LogP contribution in [0.2, 0.25) is 0 Å². The lowest BCUT2D eigenvalue weighted by atomic mass is 10.1. The molecule has 1 aliphatic heterocycles. The topological polar surface area (TPSA) is 36.4 Å². The normalized spacial score (nSPS) is 19.8. The predicted octanol–water partition coefficient (Wildman–Crippen LogP) is 2.97. The quantitative estimate of drug-likeness (QED) is 0.907. The molecule has 0 bridgehead atoms. The molecule has 1 aromatic carbocycles. The second-order valence-electron chi connectivity index (χ2n) is 5.62. The van der Waals surface area contributed by atoms with Crippen LogP contribution in [0.1, 0.15) is 31.2 Å². The molecule has 0 aliphatic carbocycles. The van der Waals surface area contributed by atoms with E-state index in [1.807, 2.05) is 12.3 Å². The number of rotatable bonds is 5. The second kappa shape index (κ2) is 6.33. The van der Waals surface area contributed by atoms with Crippen LogP contribution in [0.3, 0.4) is 0 Å². The average molecular weight is 270 g/mol. The van der Waals surface area contributed by atoms with Crippen molar-refractivity contribution in [1.82, 2.24) is 9.88 Å². The first-order valence-corrected chi connectivity index (χ1v) is 7.56. The van der Waals surface area contributed by atoms with E-state index in [1.165, 1.54) is 30.3 Å². The van der Waals surface area contributed by atoms with Gasteiger partial charge in [0, 0.05) is 30.8 Å². The van der Waals surface area contributed by atoms with Gasteiger partial charge in [-0.3, -0.25) is 9.88 Å². The van der Waals surface area contributed by atoms with Crippen molar-refractivity contribution in [3.8, 4) is 0 Å². The number of aliphatic hydroxyl groups is 1. The van der Waals surface area contributed by atoms with E-state index in [2.05, 4.69) is 34.1 Å². The SMILES string of the molecule is OCCCC1CCCN1Cc1ccnc2ccccc12. The van der Waals surface area contributed by atoms with Crippen LogP contribution in [-0.2, 0) is 6.54 Å². The molecule has 3 rings (SSSR count). The zero-order valence-corrected chi connectivity index (χ0v) is 11.8. The third-order valence-corrected chi connectivity index (χ3v) is 4.31. The molecule has 1 aliphatic rings. The largest absolute Gasteiger partial charge is 0.396 e. The van der Waals surface area contributed by atoms with E-state index in [9.17, 15) is 0 Å². The lowest BCUT2D eigenvalue weighted by molar-refractivity contribution is 0.210. The Bertz CT molecular complexity index is 564. The van der Waals surface area contributed by atoms with Gasteiger partial charge in [0.25, 0.3) is 0 Å². The van der Waals surface area contributed by atoms with Gasteiger partial charge in [-0.1, -0.05) is 18.2 Å². The smallest absolute Gasteiger partial charge is 0.0705 e. The summed E-state index contributed by atoms with van der Waals surface area (Å²) >= 11 is 0. The van der Waals surface area contributed by atoms with Gasteiger partial charge < -0.3 is 5.11 Å². The van der Waals surface area contributed by atoms with E-state index in [4.69, 9.17) is 5.11 Å². The first-order valence-electron chi connectivity index (χ1n) is 7.56. The molecule has 1 N–H and O–H groups in total. The molecular formula is C17H22N2O. The van der Waals surface area contributed by atoms with Crippen LogP contribution in [0.15, 0.2) is 36.5 Å². The summed E-state index contributed by atoms with van der Waals surface area (Å²) in [4.78, 5) is 7.00. The molecule has 0 saturated carbocycles. The van der Waals surface area contributed by atoms with Gasteiger partial charge in [-0.15, -0.1) is 0 Å². The number of benzene rings is 1. The number of aliphatic hydroxyl groups excluding tert-OH is 1. The van der Waals surface area contributed by atoms with E-state index in [0.29, 0.717) is 12.6 Å². The van der Waals surface area contributed by atoms with Gasteiger partial charge in [0.15, 0.2) is 0 Å². The second-order valence-corrected chi connectivity index (χ2v) is 5.62. The summed E-state index contributed by atoms with van der Waals surface area (Å²) < 4.78 is 0. The molecule has 1 unspecified atom stereocenters. The Balaban J connectivity index is 1.78. The summed E-state index contributed by atoms with van der Waals surface area (Å²) in [7, 11) is 0. The standard InChI is InChI=1S/C17H22N2O/c20-12-4-6-15-5-3-11-19(15)13-14-9-10-18-17-8-2-1-7-16(14)17/h1-2,7-10,15,20H,3-6,11-13H2. The molecule has 1 aromatic heterocycles. The van der Waals surface area contributed by atoms with Crippen LogP contribution < -0.4 is 0 Å². The van der Waals surface area contributed by atoms with Gasteiger partial charge in [-0.25, -0.2) is 0 Å². The minimum atomic E-state index is 0.308. The Kier molecular flexibility index (Phi) is 4.28. The summed E-state index contributed by atoms with van der Waals surface area (Å²) in [6.07, 6.45) is 6.48.